The molecule has 2 rings (SSSR count). The van der Waals surface area contributed by atoms with E-state index in [1.165, 1.54) is 5.56 Å². The first-order chi connectivity index (χ1) is 8.95. The van der Waals surface area contributed by atoms with Crippen molar-refractivity contribution < 1.29 is 4.74 Å². The minimum Gasteiger partial charge on any atom is -0.489 e. The molecule has 0 aliphatic carbocycles. The summed E-state index contributed by atoms with van der Waals surface area (Å²) >= 11 is 0. The molecule has 0 saturated carbocycles. The van der Waals surface area contributed by atoms with Crippen LogP contribution in [0.15, 0.2) is 42.6 Å². The van der Waals surface area contributed by atoms with Gasteiger partial charge in [-0.25, -0.2) is 4.98 Å². The SMILES string of the molecule is CC(C)(C)c1ccc(OCc2ccnc(N)c2)cc1. The van der Waals surface area contributed by atoms with Crippen LogP contribution in [0.4, 0.5) is 5.82 Å². The Bertz CT molecular complexity index is 541. The van der Waals surface area contributed by atoms with Crippen LogP contribution in [0.2, 0.25) is 0 Å². The van der Waals surface area contributed by atoms with E-state index < -0.39 is 0 Å². The van der Waals surface area contributed by atoms with Gasteiger partial charge >= 0.3 is 0 Å². The van der Waals surface area contributed by atoms with Crippen molar-refractivity contribution in [1.82, 2.24) is 4.98 Å². The number of ether oxygens (including phenoxy) is 1. The van der Waals surface area contributed by atoms with Gasteiger partial charge in [0.25, 0.3) is 0 Å². The summed E-state index contributed by atoms with van der Waals surface area (Å²) in [5, 5.41) is 0. The molecule has 1 aromatic carbocycles. The van der Waals surface area contributed by atoms with E-state index in [1.54, 1.807) is 6.20 Å². The van der Waals surface area contributed by atoms with Crippen LogP contribution in [0.5, 0.6) is 5.75 Å². The molecule has 0 aliphatic heterocycles. The highest BCUT2D eigenvalue weighted by Crippen LogP contribution is 2.24. The molecule has 0 unspecified atom stereocenters. The maximum atomic E-state index is 5.73. The normalized spacial score (nSPS) is 11.3. The zero-order valence-corrected chi connectivity index (χ0v) is 11.7. The molecule has 1 heterocycles. The van der Waals surface area contributed by atoms with E-state index in [4.69, 9.17) is 10.5 Å². The van der Waals surface area contributed by atoms with Crippen LogP contribution in [0, 0.1) is 0 Å². The Morgan fingerprint density at radius 2 is 1.79 bits per heavy atom. The van der Waals surface area contributed by atoms with Crippen molar-refractivity contribution in [2.24, 2.45) is 0 Å². The van der Waals surface area contributed by atoms with Crippen LogP contribution in [0.1, 0.15) is 31.9 Å². The zero-order valence-electron chi connectivity index (χ0n) is 11.7. The molecular formula is C16H20N2O. The van der Waals surface area contributed by atoms with Gasteiger partial charge in [0, 0.05) is 6.20 Å². The third-order valence-corrected chi connectivity index (χ3v) is 2.97. The van der Waals surface area contributed by atoms with Crippen molar-refractivity contribution in [1.29, 1.82) is 0 Å². The highest BCUT2D eigenvalue weighted by atomic mass is 16.5. The van der Waals surface area contributed by atoms with Crippen molar-refractivity contribution in [3.8, 4) is 5.75 Å². The highest BCUT2D eigenvalue weighted by molar-refractivity contribution is 5.33. The van der Waals surface area contributed by atoms with Crippen molar-refractivity contribution in [3.05, 3.63) is 53.7 Å². The Morgan fingerprint density at radius 1 is 1.11 bits per heavy atom. The highest BCUT2D eigenvalue weighted by Gasteiger charge is 2.12. The minimum atomic E-state index is 0.165. The molecular weight excluding hydrogens is 236 g/mol. The number of aromatic nitrogens is 1. The summed E-state index contributed by atoms with van der Waals surface area (Å²) in [5.74, 6) is 1.38. The molecule has 2 aromatic rings. The van der Waals surface area contributed by atoms with Crippen molar-refractivity contribution in [2.45, 2.75) is 32.8 Å². The molecule has 100 valence electrons. The largest absolute Gasteiger partial charge is 0.489 e. The Kier molecular flexibility index (Phi) is 3.74. The molecule has 0 atom stereocenters. The van der Waals surface area contributed by atoms with E-state index in [0.29, 0.717) is 12.4 Å². The molecule has 0 fully saturated rings. The monoisotopic (exact) mass is 256 g/mol. The van der Waals surface area contributed by atoms with E-state index in [1.807, 2.05) is 24.3 Å². The van der Waals surface area contributed by atoms with Crippen molar-refractivity contribution in [2.75, 3.05) is 5.73 Å². The average molecular weight is 256 g/mol. The number of rotatable bonds is 3. The summed E-state index contributed by atoms with van der Waals surface area (Å²) in [6.07, 6.45) is 1.69. The zero-order chi connectivity index (χ0) is 13.9. The molecule has 0 amide bonds. The Labute approximate surface area is 114 Å². The standard InChI is InChI=1S/C16H20N2O/c1-16(2,3)13-4-6-14(7-5-13)19-11-12-8-9-18-15(17)10-12/h4-10H,11H2,1-3H3,(H2,17,18). The first-order valence-corrected chi connectivity index (χ1v) is 6.39. The van der Waals surface area contributed by atoms with Crippen LogP contribution in [-0.4, -0.2) is 4.98 Å². The van der Waals surface area contributed by atoms with Crippen LogP contribution in [0.25, 0.3) is 0 Å². The van der Waals surface area contributed by atoms with Crippen LogP contribution < -0.4 is 10.5 Å². The molecule has 0 saturated heterocycles. The third-order valence-electron chi connectivity index (χ3n) is 2.97. The number of nitrogens with two attached hydrogens (primary N) is 1. The lowest BCUT2D eigenvalue weighted by Gasteiger charge is -2.19. The maximum absolute atomic E-state index is 5.73. The molecule has 0 radical (unpaired) electrons. The number of hydrogen-bond acceptors (Lipinski definition) is 3. The van der Waals surface area contributed by atoms with E-state index in [2.05, 4.69) is 37.9 Å². The van der Waals surface area contributed by atoms with Gasteiger partial charge in [-0.3, -0.25) is 0 Å². The number of anilines is 1. The minimum absolute atomic E-state index is 0.165. The van der Waals surface area contributed by atoms with Gasteiger partial charge in [-0.1, -0.05) is 32.9 Å². The van der Waals surface area contributed by atoms with Gasteiger partial charge in [-0.2, -0.15) is 0 Å². The molecule has 3 heteroatoms. The molecule has 0 aliphatic rings. The summed E-state index contributed by atoms with van der Waals surface area (Å²) in [5.41, 5.74) is 8.11. The quantitative estimate of drug-likeness (QED) is 0.913. The second-order valence-electron chi connectivity index (χ2n) is 5.65. The van der Waals surface area contributed by atoms with Crippen LogP contribution in [-0.2, 0) is 12.0 Å². The predicted octanol–water partition coefficient (Wildman–Crippen LogP) is 3.54. The fourth-order valence-electron chi connectivity index (χ4n) is 1.80. The van der Waals surface area contributed by atoms with Gasteiger partial charge in [0.05, 0.1) is 0 Å². The summed E-state index contributed by atoms with van der Waals surface area (Å²) in [6.45, 7) is 7.09. The molecule has 3 nitrogen and oxygen atoms in total. The van der Waals surface area contributed by atoms with Crippen LogP contribution >= 0.6 is 0 Å². The lowest BCUT2D eigenvalue weighted by molar-refractivity contribution is 0.306. The first-order valence-electron chi connectivity index (χ1n) is 6.39. The Balaban J connectivity index is 2.01. The first kappa shape index (κ1) is 13.4. The molecule has 1 aromatic heterocycles. The number of nitrogen functional groups attached to an aromatic ring is 1. The molecule has 0 bridgehead atoms. The van der Waals surface area contributed by atoms with Crippen molar-refractivity contribution in [3.63, 3.8) is 0 Å². The van der Waals surface area contributed by atoms with Gasteiger partial charge in [-0.05, 0) is 40.8 Å². The Hall–Kier alpha value is -2.03. The van der Waals surface area contributed by atoms with E-state index in [-0.39, 0.29) is 5.41 Å². The molecule has 0 spiro atoms. The third kappa shape index (κ3) is 3.71. The average Bonchev–Trinajstić information content (AvgIpc) is 2.36. The number of hydrogen-bond donors (Lipinski definition) is 1. The van der Waals surface area contributed by atoms with E-state index >= 15 is 0 Å². The summed E-state index contributed by atoms with van der Waals surface area (Å²) in [4.78, 5) is 3.96. The van der Waals surface area contributed by atoms with E-state index in [0.717, 1.165) is 11.3 Å². The smallest absolute Gasteiger partial charge is 0.123 e. The van der Waals surface area contributed by atoms with Gasteiger partial charge in [0.15, 0.2) is 0 Å². The summed E-state index contributed by atoms with van der Waals surface area (Å²) in [7, 11) is 0. The fraction of sp³-hybridized carbons (Fsp3) is 0.312. The van der Waals surface area contributed by atoms with Gasteiger partial charge in [-0.15, -0.1) is 0 Å². The summed E-state index contributed by atoms with van der Waals surface area (Å²) < 4.78 is 5.73. The number of benzene rings is 1. The van der Waals surface area contributed by atoms with Gasteiger partial charge in [0.2, 0.25) is 0 Å². The lowest BCUT2D eigenvalue weighted by atomic mass is 9.87. The predicted molar refractivity (Wildman–Crippen MR) is 78.1 cm³/mol. The van der Waals surface area contributed by atoms with Crippen LogP contribution in [0.3, 0.4) is 0 Å². The van der Waals surface area contributed by atoms with E-state index in [9.17, 15) is 0 Å². The molecule has 19 heavy (non-hydrogen) atoms. The lowest BCUT2D eigenvalue weighted by Crippen LogP contribution is -2.10. The second-order valence-corrected chi connectivity index (χ2v) is 5.65. The van der Waals surface area contributed by atoms with Gasteiger partial charge in [0.1, 0.15) is 18.2 Å². The summed E-state index contributed by atoms with van der Waals surface area (Å²) in [6, 6.07) is 12.0. The number of pyridine rings is 1. The fourth-order valence-corrected chi connectivity index (χ4v) is 1.80. The number of nitrogens with zero attached hydrogens (tertiary/aromatic N) is 1. The molecule has 2 N–H and O–H groups in total. The Morgan fingerprint density at radius 3 is 2.37 bits per heavy atom. The second kappa shape index (κ2) is 5.31. The van der Waals surface area contributed by atoms with Crippen molar-refractivity contribution >= 4 is 5.82 Å². The van der Waals surface area contributed by atoms with Gasteiger partial charge < -0.3 is 10.5 Å². The maximum Gasteiger partial charge on any atom is 0.123 e. The topological polar surface area (TPSA) is 48.1 Å².